The third-order valence-corrected chi connectivity index (χ3v) is 5.28. The normalized spacial score (nSPS) is 21.9. The van der Waals surface area contributed by atoms with Crippen LogP contribution in [-0.2, 0) is 21.2 Å². The summed E-state index contributed by atoms with van der Waals surface area (Å²) in [5.41, 5.74) is 0.976. The molecule has 1 aliphatic heterocycles. The van der Waals surface area contributed by atoms with Crippen LogP contribution in [0.4, 0.5) is 0 Å². The highest BCUT2D eigenvalue weighted by molar-refractivity contribution is 7.91. The molecule has 1 atom stereocenters. The number of carboxylic acids is 1. The molecule has 0 aliphatic carbocycles. The fourth-order valence-corrected chi connectivity index (χ4v) is 4.12. The number of carbonyl (C=O) groups is 1. The number of hydrogen-bond donors (Lipinski definition) is 1. The highest BCUT2D eigenvalue weighted by Crippen LogP contribution is 2.20. The van der Waals surface area contributed by atoms with E-state index >= 15 is 0 Å². The lowest BCUT2D eigenvalue weighted by Gasteiger charge is -2.34. The standard InChI is InChI=1S/C14H19NO5S/c1-20-13-4-2-3-11(7-13)9-15-5-6-21(18,19)10-12(15)8-14(16)17/h2-4,7,12H,5-6,8-10H2,1H3,(H,16,17). The van der Waals surface area contributed by atoms with Gasteiger partial charge in [0.1, 0.15) is 5.75 Å². The predicted octanol–water partition coefficient (Wildman–Crippen LogP) is 0.769. The summed E-state index contributed by atoms with van der Waals surface area (Å²) in [6, 6.07) is 7.01. The van der Waals surface area contributed by atoms with Gasteiger partial charge in [0.2, 0.25) is 0 Å². The zero-order valence-corrected chi connectivity index (χ0v) is 12.7. The number of aliphatic carboxylic acids is 1. The Kier molecular flexibility index (Phi) is 4.84. The maximum atomic E-state index is 11.7. The Bertz CT molecular complexity index is 614. The molecule has 21 heavy (non-hydrogen) atoms. The second kappa shape index (κ2) is 6.44. The van der Waals surface area contributed by atoms with Gasteiger partial charge in [-0.15, -0.1) is 0 Å². The van der Waals surface area contributed by atoms with E-state index in [1.807, 2.05) is 29.2 Å². The van der Waals surface area contributed by atoms with Gasteiger partial charge >= 0.3 is 5.97 Å². The average Bonchev–Trinajstić information content (AvgIpc) is 2.41. The Morgan fingerprint density at radius 2 is 2.24 bits per heavy atom. The van der Waals surface area contributed by atoms with Crippen LogP contribution in [0.5, 0.6) is 5.75 Å². The lowest BCUT2D eigenvalue weighted by atomic mass is 10.1. The second-order valence-electron chi connectivity index (χ2n) is 5.19. The van der Waals surface area contributed by atoms with Crippen LogP contribution in [0.15, 0.2) is 24.3 Å². The van der Waals surface area contributed by atoms with E-state index < -0.39 is 21.8 Å². The Labute approximate surface area is 124 Å². The molecule has 6 nitrogen and oxygen atoms in total. The molecular weight excluding hydrogens is 294 g/mol. The van der Waals surface area contributed by atoms with Crippen LogP contribution in [0.1, 0.15) is 12.0 Å². The van der Waals surface area contributed by atoms with E-state index in [-0.39, 0.29) is 17.9 Å². The first-order valence-corrected chi connectivity index (χ1v) is 8.51. The van der Waals surface area contributed by atoms with E-state index in [9.17, 15) is 13.2 Å². The van der Waals surface area contributed by atoms with Gasteiger partial charge in [0.05, 0.1) is 25.0 Å². The van der Waals surface area contributed by atoms with Crippen molar-refractivity contribution in [1.82, 2.24) is 4.90 Å². The Morgan fingerprint density at radius 3 is 2.90 bits per heavy atom. The number of methoxy groups -OCH3 is 1. The maximum absolute atomic E-state index is 11.7. The molecule has 116 valence electrons. The zero-order valence-electron chi connectivity index (χ0n) is 11.9. The molecule has 1 heterocycles. The summed E-state index contributed by atoms with van der Waals surface area (Å²) < 4.78 is 28.6. The molecule has 0 aromatic heterocycles. The van der Waals surface area contributed by atoms with E-state index in [4.69, 9.17) is 9.84 Å². The van der Waals surface area contributed by atoms with E-state index in [1.54, 1.807) is 7.11 Å². The van der Waals surface area contributed by atoms with Crippen molar-refractivity contribution in [2.75, 3.05) is 25.2 Å². The second-order valence-corrected chi connectivity index (χ2v) is 7.42. The van der Waals surface area contributed by atoms with Crippen LogP contribution in [0.3, 0.4) is 0 Å². The number of rotatable bonds is 5. The summed E-state index contributed by atoms with van der Waals surface area (Å²) in [6.07, 6.45) is -0.163. The fourth-order valence-electron chi connectivity index (χ4n) is 2.52. The number of sulfone groups is 1. The van der Waals surface area contributed by atoms with Crippen molar-refractivity contribution in [2.45, 2.75) is 19.0 Å². The van der Waals surface area contributed by atoms with Crippen molar-refractivity contribution < 1.29 is 23.1 Å². The number of benzene rings is 1. The Hall–Kier alpha value is -1.60. The number of ether oxygens (including phenoxy) is 1. The van der Waals surface area contributed by atoms with Crippen molar-refractivity contribution in [2.24, 2.45) is 0 Å². The van der Waals surface area contributed by atoms with Crippen LogP contribution >= 0.6 is 0 Å². The Balaban J connectivity index is 2.13. The smallest absolute Gasteiger partial charge is 0.304 e. The average molecular weight is 313 g/mol. The summed E-state index contributed by atoms with van der Waals surface area (Å²) in [5.74, 6) is -0.268. The van der Waals surface area contributed by atoms with Crippen molar-refractivity contribution in [3.63, 3.8) is 0 Å². The van der Waals surface area contributed by atoms with Gasteiger partial charge < -0.3 is 9.84 Å². The van der Waals surface area contributed by atoms with Crippen LogP contribution < -0.4 is 4.74 Å². The van der Waals surface area contributed by atoms with Crippen molar-refractivity contribution in [3.8, 4) is 5.75 Å². The molecule has 1 aromatic carbocycles. The summed E-state index contributed by atoms with van der Waals surface area (Å²) >= 11 is 0. The largest absolute Gasteiger partial charge is 0.497 e. The zero-order chi connectivity index (χ0) is 15.5. The summed E-state index contributed by atoms with van der Waals surface area (Å²) in [6.45, 7) is 0.877. The molecule has 0 bridgehead atoms. The fraction of sp³-hybridized carbons (Fsp3) is 0.500. The Morgan fingerprint density at radius 1 is 1.48 bits per heavy atom. The van der Waals surface area contributed by atoms with Crippen molar-refractivity contribution >= 4 is 15.8 Å². The highest BCUT2D eigenvalue weighted by Gasteiger charge is 2.32. The lowest BCUT2D eigenvalue weighted by molar-refractivity contribution is -0.138. The minimum Gasteiger partial charge on any atom is -0.497 e. The molecule has 1 unspecified atom stereocenters. The highest BCUT2D eigenvalue weighted by atomic mass is 32.2. The minimum absolute atomic E-state index is 0.0765. The van der Waals surface area contributed by atoms with Gasteiger partial charge in [-0.2, -0.15) is 0 Å². The molecular formula is C14H19NO5S. The monoisotopic (exact) mass is 313 g/mol. The van der Waals surface area contributed by atoms with Gasteiger partial charge in [-0.05, 0) is 17.7 Å². The van der Waals surface area contributed by atoms with E-state index in [1.165, 1.54) is 0 Å². The van der Waals surface area contributed by atoms with E-state index in [2.05, 4.69) is 0 Å². The first kappa shape index (κ1) is 15.8. The molecule has 7 heteroatoms. The van der Waals surface area contributed by atoms with E-state index in [0.717, 1.165) is 11.3 Å². The van der Waals surface area contributed by atoms with Gasteiger partial charge in [0, 0.05) is 19.1 Å². The van der Waals surface area contributed by atoms with Crippen LogP contribution in [0.25, 0.3) is 0 Å². The predicted molar refractivity (Wildman–Crippen MR) is 78.1 cm³/mol. The number of carboxylic acid groups (broad SMARTS) is 1. The van der Waals surface area contributed by atoms with Crippen LogP contribution in [-0.4, -0.2) is 55.6 Å². The first-order chi connectivity index (χ1) is 9.89. The molecule has 1 aliphatic rings. The molecule has 0 radical (unpaired) electrons. The summed E-state index contributed by atoms with van der Waals surface area (Å²) in [4.78, 5) is 12.9. The third-order valence-electron chi connectivity index (χ3n) is 3.58. The summed E-state index contributed by atoms with van der Waals surface area (Å²) in [5, 5.41) is 8.96. The van der Waals surface area contributed by atoms with Crippen molar-refractivity contribution in [3.05, 3.63) is 29.8 Å². The van der Waals surface area contributed by atoms with Gasteiger partial charge in [-0.3, -0.25) is 9.69 Å². The molecule has 1 aromatic rings. The van der Waals surface area contributed by atoms with E-state index in [0.29, 0.717) is 13.1 Å². The molecule has 0 amide bonds. The van der Waals surface area contributed by atoms with Gasteiger partial charge in [-0.25, -0.2) is 8.42 Å². The summed E-state index contributed by atoms with van der Waals surface area (Å²) in [7, 11) is -1.56. The van der Waals surface area contributed by atoms with Crippen molar-refractivity contribution in [1.29, 1.82) is 0 Å². The first-order valence-electron chi connectivity index (χ1n) is 6.69. The minimum atomic E-state index is -3.15. The topological polar surface area (TPSA) is 83.9 Å². The lowest BCUT2D eigenvalue weighted by Crippen LogP contribution is -2.48. The van der Waals surface area contributed by atoms with Gasteiger partial charge in [-0.1, -0.05) is 12.1 Å². The molecule has 1 fully saturated rings. The quantitative estimate of drug-likeness (QED) is 0.864. The SMILES string of the molecule is COc1cccc(CN2CCS(=O)(=O)CC2CC(=O)O)c1. The van der Waals surface area contributed by atoms with Crippen LogP contribution in [0, 0.1) is 0 Å². The molecule has 0 spiro atoms. The molecule has 2 rings (SSSR count). The van der Waals surface area contributed by atoms with Gasteiger partial charge in [0.15, 0.2) is 9.84 Å². The number of nitrogens with zero attached hydrogens (tertiary/aromatic N) is 1. The molecule has 1 N–H and O–H groups in total. The molecule has 1 saturated heterocycles. The number of hydrogen-bond acceptors (Lipinski definition) is 5. The molecule has 0 saturated carbocycles. The maximum Gasteiger partial charge on any atom is 0.304 e. The third kappa shape index (κ3) is 4.44. The van der Waals surface area contributed by atoms with Crippen LogP contribution in [0.2, 0.25) is 0 Å². The van der Waals surface area contributed by atoms with Gasteiger partial charge in [0.25, 0.3) is 0 Å².